The summed E-state index contributed by atoms with van der Waals surface area (Å²) in [6.07, 6.45) is -10.8. The smallest absolute Gasteiger partial charge is 0.426 e. The highest BCUT2D eigenvalue weighted by atomic mass is 32.2. The van der Waals surface area contributed by atoms with E-state index < -0.39 is 85.6 Å². The van der Waals surface area contributed by atoms with Crippen LogP contribution in [-0.4, -0.2) is 47.2 Å². The van der Waals surface area contributed by atoms with Crippen molar-refractivity contribution in [3.05, 3.63) is 66.1 Å². The van der Waals surface area contributed by atoms with Crippen LogP contribution in [-0.2, 0) is 37.7 Å². The molecule has 0 fully saturated rings. The minimum absolute atomic E-state index is 0.242. The molecule has 3 rings (SSSR count). The van der Waals surface area contributed by atoms with E-state index in [1.165, 1.54) is 32.9 Å². The quantitative estimate of drug-likeness (QED) is 0.185. The SMILES string of the molecule is C=CCCS(=O)(=O)c1nc(-c2nnc(C(C)(OCc3ccccc3)C(F)(F)F)o2)c(NC(=O)OC(C)(C)C)cc1C(F)(F)F. The number of ether oxygens (including phenoxy) is 2. The van der Waals surface area contributed by atoms with E-state index in [4.69, 9.17) is 13.9 Å². The van der Waals surface area contributed by atoms with E-state index in [0.29, 0.717) is 12.5 Å². The van der Waals surface area contributed by atoms with E-state index in [9.17, 15) is 39.6 Å². The number of nitrogens with zero attached hydrogens (tertiary/aromatic N) is 3. The van der Waals surface area contributed by atoms with Crippen LogP contribution in [0.15, 0.2) is 58.5 Å². The number of carbonyl (C=O) groups is 1. The van der Waals surface area contributed by atoms with Crippen LogP contribution in [0.1, 0.15) is 51.1 Å². The van der Waals surface area contributed by atoms with E-state index in [-0.39, 0.29) is 12.5 Å². The number of pyridine rings is 1. The summed E-state index contributed by atoms with van der Waals surface area (Å²) in [6.45, 7) is 7.76. The number of amides is 1. The molecule has 0 saturated heterocycles. The summed E-state index contributed by atoms with van der Waals surface area (Å²) < 4.78 is 126. The zero-order chi connectivity index (χ0) is 33.1. The fourth-order valence-corrected chi connectivity index (χ4v) is 4.93. The number of anilines is 1. The van der Waals surface area contributed by atoms with Crippen molar-refractivity contribution in [3.63, 3.8) is 0 Å². The predicted molar refractivity (Wildman–Crippen MR) is 144 cm³/mol. The number of aromatic nitrogens is 3. The lowest BCUT2D eigenvalue weighted by atomic mass is 10.1. The van der Waals surface area contributed by atoms with Crippen LogP contribution in [0.5, 0.6) is 0 Å². The normalized spacial score (nSPS) is 14.1. The first kappa shape index (κ1) is 34.5. The standard InChI is InChI=1S/C27H28F6N4O6S/c1-6-7-13-44(39,40)21-17(26(28,29)30)14-18(34-23(38)43-24(2,3)4)19(35-21)20-36-37-22(42-20)25(5,27(31,32)33)41-15-16-11-9-8-10-12-16/h6,8-12,14H,1,7,13,15H2,2-5H3,(H,34,38). The first-order chi connectivity index (χ1) is 20.2. The lowest BCUT2D eigenvalue weighted by Gasteiger charge is -2.28. The fraction of sp³-hybridized carbons (Fsp3) is 0.407. The van der Waals surface area contributed by atoms with Crippen LogP contribution < -0.4 is 5.32 Å². The van der Waals surface area contributed by atoms with Gasteiger partial charge in [0.25, 0.3) is 11.8 Å². The average Bonchev–Trinajstić information content (AvgIpc) is 3.39. The van der Waals surface area contributed by atoms with Gasteiger partial charge in [-0.25, -0.2) is 18.2 Å². The highest BCUT2D eigenvalue weighted by Crippen LogP contribution is 2.44. The highest BCUT2D eigenvalue weighted by molar-refractivity contribution is 7.91. The van der Waals surface area contributed by atoms with Crippen molar-refractivity contribution in [2.75, 3.05) is 11.1 Å². The van der Waals surface area contributed by atoms with Gasteiger partial charge in [0.05, 0.1) is 23.6 Å². The topological polar surface area (TPSA) is 134 Å². The molecule has 1 aromatic carbocycles. The zero-order valence-corrected chi connectivity index (χ0v) is 24.7. The molecule has 0 radical (unpaired) electrons. The van der Waals surface area contributed by atoms with Gasteiger partial charge in [-0.2, -0.15) is 26.3 Å². The van der Waals surface area contributed by atoms with E-state index in [1.54, 1.807) is 18.2 Å². The molecule has 17 heteroatoms. The molecule has 44 heavy (non-hydrogen) atoms. The third-order valence-corrected chi connectivity index (χ3v) is 7.43. The lowest BCUT2D eigenvalue weighted by molar-refractivity contribution is -0.289. The second kappa shape index (κ2) is 12.6. The molecule has 0 saturated carbocycles. The van der Waals surface area contributed by atoms with Crippen LogP contribution in [0.3, 0.4) is 0 Å². The van der Waals surface area contributed by atoms with Gasteiger partial charge in [0.1, 0.15) is 5.60 Å². The lowest BCUT2D eigenvalue weighted by Crippen LogP contribution is -2.42. The number of carbonyl (C=O) groups excluding carboxylic acids is 1. The first-order valence-corrected chi connectivity index (χ1v) is 14.4. The van der Waals surface area contributed by atoms with E-state index in [1.807, 2.05) is 5.32 Å². The molecular weight excluding hydrogens is 622 g/mol. The number of rotatable bonds is 10. The minimum atomic E-state index is -5.30. The Morgan fingerprint density at radius 1 is 1.05 bits per heavy atom. The van der Waals surface area contributed by atoms with Crippen molar-refractivity contribution >= 4 is 21.6 Å². The third kappa shape index (κ3) is 8.13. The second-order valence-electron chi connectivity index (χ2n) is 10.5. The van der Waals surface area contributed by atoms with Crippen molar-refractivity contribution in [1.29, 1.82) is 0 Å². The summed E-state index contributed by atoms with van der Waals surface area (Å²) in [5.74, 6) is -2.95. The summed E-state index contributed by atoms with van der Waals surface area (Å²) in [5, 5.41) is 7.43. The summed E-state index contributed by atoms with van der Waals surface area (Å²) in [4.78, 5) is 16.1. The Hall–Kier alpha value is -3.99. The molecule has 0 spiro atoms. The molecule has 1 amide bonds. The minimum Gasteiger partial charge on any atom is -0.444 e. The van der Waals surface area contributed by atoms with E-state index in [2.05, 4.69) is 21.8 Å². The fourth-order valence-electron chi connectivity index (χ4n) is 3.52. The van der Waals surface area contributed by atoms with Crippen LogP contribution in [0, 0.1) is 0 Å². The van der Waals surface area contributed by atoms with Crippen LogP contribution in [0.25, 0.3) is 11.6 Å². The number of allylic oxidation sites excluding steroid dienone is 1. The molecule has 240 valence electrons. The largest absolute Gasteiger partial charge is 0.444 e. The first-order valence-electron chi connectivity index (χ1n) is 12.7. The second-order valence-corrected chi connectivity index (χ2v) is 12.5. The number of hydrogen-bond donors (Lipinski definition) is 1. The van der Waals surface area contributed by atoms with Crippen molar-refractivity contribution in [2.45, 2.75) is 69.3 Å². The summed E-state index contributed by atoms with van der Waals surface area (Å²) in [6, 6.07) is 8.04. The highest BCUT2D eigenvalue weighted by Gasteiger charge is 2.58. The molecule has 10 nitrogen and oxygen atoms in total. The maximum atomic E-state index is 14.3. The molecule has 2 heterocycles. The summed E-state index contributed by atoms with van der Waals surface area (Å²) in [5.41, 5.74) is -7.44. The molecule has 3 aromatic rings. The van der Waals surface area contributed by atoms with Crippen LogP contribution in [0.4, 0.5) is 36.8 Å². The molecule has 1 unspecified atom stereocenters. The summed E-state index contributed by atoms with van der Waals surface area (Å²) >= 11 is 0. The van der Waals surface area contributed by atoms with Crippen LogP contribution in [0.2, 0.25) is 0 Å². The van der Waals surface area contributed by atoms with Crippen molar-refractivity contribution in [2.24, 2.45) is 0 Å². The number of benzene rings is 1. The van der Waals surface area contributed by atoms with Gasteiger partial charge in [-0.3, -0.25) is 5.32 Å². The van der Waals surface area contributed by atoms with Gasteiger partial charge < -0.3 is 13.9 Å². The van der Waals surface area contributed by atoms with Gasteiger partial charge in [0.2, 0.25) is 5.60 Å². The Kier molecular flexibility index (Phi) is 9.84. The Balaban J connectivity index is 2.22. The van der Waals surface area contributed by atoms with E-state index >= 15 is 0 Å². The van der Waals surface area contributed by atoms with Gasteiger partial charge in [-0.15, -0.1) is 16.8 Å². The predicted octanol–water partition coefficient (Wildman–Crippen LogP) is 6.84. The Morgan fingerprint density at radius 2 is 1.68 bits per heavy atom. The average molecular weight is 651 g/mol. The monoisotopic (exact) mass is 650 g/mol. The Labute approximate surface area is 248 Å². The third-order valence-electron chi connectivity index (χ3n) is 5.76. The number of nitrogens with one attached hydrogen (secondary N) is 1. The number of alkyl halides is 6. The van der Waals surface area contributed by atoms with Crippen molar-refractivity contribution in [1.82, 2.24) is 15.2 Å². The molecule has 0 aliphatic rings. The molecule has 0 aliphatic heterocycles. The number of halogens is 6. The molecule has 1 N–H and O–H groups in total. The molecular formula is C27H28F6N4O6S. The van der Waals surface area contributed by atoms with E-state index in [0.717, 1.165) is 6.08 Å². The van der Waals surface area contributed by atoms with Gasteiger partial charge in [-0.1, -0.05) is 36.4 Å². The molecule has 2 aromatic heterocycles. The van der Waals surface area contributed by atoms with Gasteiger partial charge >= 0.3 is 18.4 Å². The maximum Gasteiger partial charge on any atom is 0.426 e. The zero-order valence-electron chi connectivity index (χ0n) is 23.8. The number of hydrogen-bond acceptors (Lipinski definition) is 9. The van der Waals surface area contributed by atoms with Crippen molar-refractivity contribution < 1.29 is 53.4 Å². The van der Waals surface area contributed by atoms with Gasteiger partial charge in [0.15, 0.2) is 20.6 Å². The maximum absolute atomic E-state index is 14.3. The Morgan fingerprint density at radius 3 is 2.23 bits per heavy atom. The Bertz CT molecular complexity index is 1600. The molecule has 0 aliphatic carbocycles. The summed E-state index contributed by atoms with van der Waals surface area (Å²) in [7, 11) is -4.77. The number of sulfone groups is 1. The van der Waals surface area contributed by atoms with Crippen LogP contribution >= 0.6 is 0 Å². The van der Waals surface area contributed by atoms with Crippen molar-refractivity contribution in [3.8, 4) is 11.6 Å². The van der Waals surface area contributed by atoms with Gasteiger partial charge in [-0.05, 0) is 45.7 Å². The molecule has 1 atom stereocenters. The molecule has 0 bridgehead atoms. The van der Waals surface area contributed by atoms with Gasteiger partial charge in [0, 0.05) is 0 Å².